The van der Waals surface area contributed by atoms with E-state index in [1.807, 2.05) is 42.5 Å². The van der Waals surface area contributed by atoms with Crippen LogP contribution < -0.4 is 0 Å². The largest absolute Gasteiger partial charge is 0.481 e. The van der Waals surface area contributed by atoms with E-state index in [9.17, 15) is 4.79 Å². The molecule has 2 aromatic carbocycles. The first kappa shape index (κ1) is 12.8. The van der Waals surface area contributed by atoms with Gasteiger partial charge in [-0.15, -0.1) is 0 Å². The first-order chi connectivity index (χ1) is 9.20. The molecule has 0 aliphatic heterocycles. The van der Waals surface area contributed by atoms with Crippen LogP contribution in [0.1, 0.15) is 17.5 Å². The van der Waals surface area contributed by atoms with Crippen LogP contribution >= 0.6 is 0 Å². The fourth-order valence-electron chi connectivity index (χ4n) is 1.93. The molecule has 0 saturated carbocycles. The SMILES string of the molecule is N#Cc1ccccc1-c1ccc(CCC(=O)O)cc1. The molecule has 0 amide bonds. The maximum absolute atomic E-state index is 10.5. The van der Waals surface area contributed by atoms with Crippen molar-refractivity contribution >= 4 is 5.97 Å². The molecule has 0 fully saturated rings. The fraction of sp³-hybridized carbons (Fsp3) is 0.125. The van der Waals surface area contributed by atoms with Crippen molar-refractivity contribution in [3.8, 4) is 17.2 Å². The van der Waals surface area contributed by atoms with Crippen LogP contribution in [0.25, 0.3) is 11.1 Å². The lowest BCUT2D eigenvalue weighted by Crippen LogP contribution is -1.97. The molecule has 0 saturated heterocycles. The number of benzene rings is 2. The van der Waals surface area contributed by atoms with Gasteiger partial charge in [0.15, 0.2) is 0 Å². The molecule has 2 rings (SSSR count). The number of carboxylic acids is 1. The Morgan fingerprint density at radius 2 is 1.79 bits per heavy atom. The van der Waals surface area contributed by atoms with Gasteiger partial charge in [0, 0.05) is 6.42 Å². The quantitative estimate of drug-likeness (QED) is 0.907. The van der Waals surface area contributed by atoms with Gasteiger partial charge < -0.3 is 5.11 Å². The van der Waals surface area contributed by atoms with Crippen LogP contribution in [0.2, 0.25) is 0 Å². The summed E-state index contributed by atoms with van der Waals surface area (Å²) in [5.74, 6) is -0.793. The first-order valence-corrected chi connectivity index (χ1v) is 6.01. The minimum atomic E-state index is -0.793. The number of rotatable bonds is 4. The molecule has 0 radical (unpaired) electrons. The van der Waals surface area contributed by atoms with Crippen molar-refractivity contribution in [2.75, 3.05) is 0 Å². The standard InChI is InChI=1S/C16H13NO2/c17-11-14-3-1-2-4-15(14)13-8-5-12(6-9-13)7-10-16(18)19/h1-6,8-9H,7,10H2,(H,18,19). The molecule has 0 atom stereocenters. The molecule has 0 unspecified atom stereocenters. The third-order valence-corrected chi connectivity index (χ3v) is 2.94. The monoisotopic (exact) mass is 251 g/mol. The predicted octanol–water partition coefficient (Wildman–Crippen LogP) is 3.24. The zero-order valence-electron chi connectivity index (χ0n) is 10.3. The second-order valence-corrected chi connectivity index (χ2v) is 4.25. The van der Waals surface area contributed by atoms with Crippen LogP contribution in [0, 0.1) is 11.3 Å². The summed E-state index contributed by atoms with van der Waals surface area (Å²) in [4.78, 5) is 10.5. The summed E-state index contributed by atoms with van der Waals surface area (Å²) in [6, 6.07) is 17.3. The van der Waals surface area contributed by atoms with E-state index < -0.39 is 5.97 Å². The van der Waals surface area contributed by atoms with E-state index in [4.69, 9.17) is 10.4 Å². The molecule has 0 spiro atoms. The van der Waals surface area contributed by atoms with E-state index in [0.717, 1.165) is 16.7 Å². The van der Waals surface area contributed by atoms with Gasteiger partial charge in [0.05, 0.1) is 11.6 Å². The lowest BCUT2D eigenvalue weighted by Gasteiger charge is -2.05. The van der Waals surface area contributed by atoms with Crippen molar-refractivity contribution < 1.29 is 9.90 Å². The number of carboxylic acid groups (broad SMARTS) is 1. The minimum Gasteiger partial charge on any atom is -0.481 e. The van der Waals surface area contributed by atoms with Crippen LogP contribution in [0.15, 0.2) is 48.5 Å². The minimum absolute atomic E-state index is 0.133. The Kier molecular flexibility index (Phi) is 3.94. The summed E-state index contributed by atoms with van der Waals surface area (Å²) < 4.78 is 0. The van der Waals surface area contributed by atoms with Crippen LogP contribution in [0.5, 0.6) is 0 Å². The normalized spacial score (nSPS) is 9.84. The van der Waals surface area contributed by atoms with Crippen molar-refractivity contribution in [3.63, 3.8) is 0 Å². The van der Waals surface area contributed by atoms with Crippen molar-refractivity contribution in [3.05, 3.63) is 59.7 Å². The van der Waals surface area contributed by atoms with Crippen molar-refractivity contribution in [2.24, 2.45) is 0 Å². The van der Waals surface area contributed by atoms with Gasteiger partial charge in [-0.3, -0.25) is 4.79 Å². The zero-order chi connectivity index (χ0) is 13.7. The Balaban J connectivity index is 2.23. The van der Waals surface area contributed by atoms with E-state index in [-0.39, 0.29) is 6.42 Å². The maximum atomic E-state index is 10.5. The van der Waals surface area contributed by atoms with E-state index >= 15 is 0 Å². The third-order valence-electron chi connectivity index (χ3n) is 2.94. The van der Waals surface area contributed by atoms with Crippen molar-refractivity contribution in [2.45, 2.75) is 12.8 Å². The number of aliphatic carboxylic acids is 1. The molecule has 0 bridgehead atoms. The third kappa shape index (κ3) is 3.20. The molecular formula is C16H13NO2. The van der Waals surface area contributed by atoms with E-state index in [2.05, 4.69) is 6.07 Å². The average molecular weight is 251 g/mol. The number of nitriles is 1. The summed E-state index contributed by atoms with van der Waals surface area (Å²) >= 11 is 0. The number of hydrogen-bond acceptors (Lipinski definition) is 2. The summed E-state index contributed by atoms with van der Waals surface area (Å²) in [5, 5.41) is 17.7. The van der Waals surface area contributed by atoms with Gasteiger partial charge in [0.1, 0.15) is 0 Å². The van der Waals surface area contributed by atoms with Gasteiger partial charge in [-0.25, -0.2) is 0 Å². The molecule has 1 N–H and O–H groups in total. The molecule has 0 heterocycles. The summed E-state index contributed by atoms with van der Waals surface area (Å²) in [6.07, 6.45) is 0.656. The Labute approximate surface area is 111 Å². The van der Waals surface area contributed by atoms with Crippen molar-refractivity contribution in [1.82, 2.24) is 0 Å². The fourth-order valence-corrected chi connectivity index (χ4v) is 1.93. The highest BCUT2D eigenvalue weighted by Crippen LogP contribution is 2.23. The second-order valence-electron chi connectivity index (χ2n) is 4.25. The number of hydrogen-bond donors (Lipinski definition) is 1. The second kappa shape index (κ2) is 5.83. The molecule has 0 aliphatic carbocycles. The van der Waals surface area contributed by atoms with Crippen molar-refractivity contribution in [1.29, 1.82) is 5.26 Å². The van der Waals surface area contributed by atoms with E-state index in [1.165, 1.54) is 0 Å². The predicted molar refractivity (Wildman–Crippen MR) is 72.5 cm³/mol. The molecule has 3 heteroatoms. The molecule has 3 nitrogen and oxygen atoms in total. The number of aryl methyl sites for hydroxylation is 1. The molecule has 0 aliphatic rings. The summed E-state index contributed by atoms with van der Waals surface area (Å²) in [7, 11) is 0. The Bertz CT molecular complexity index is 624. The summed E-state index contributed by atoms with van der Waals surface area (Å²) in [6.45, 7) is 0. The highest BCUT2D eigenvalue weighted by atomic mass is 16.4. The maximum Gasteiger partial charge on any atom is 0.303 e. The molecule has 0 aromatic heterocycles. The zero-order valence-corrected chi connectivity index (χ0v) is 10.3. The van der Waals surface area contributed by atoms with E-state index in [0.29, 0.717) is 12.0 Å². The molecule has 2 aromatic rings. The van der Waals surface area contributed by atoms with Gasteiger partial charge in [-0.05, 0) is 29.2 Å². The van der Waals surface area contributed by atoms with Gasteiger partial charge in [0.2, 0.25) is 0 Å². The highest BCUT2D eigenvalue weighted by Gasteiger charge is 2.04. The lowest BCUT2D eigenvalue weighted by molar-refractivity contribution is -0.136. The average Bonchev–Trinajstić information content (AvgIpc) is 2.45. The summed E-state index contributed by atoms with van der Waals surface area (Å²) in [5.41, 5.74) is 3.49. The van der Waals surface area contributed by atoms with Crippen LogP contribution in [-0.2, 0) is 11.2 Å². The van der Waals surface area contributed by atoms with Gasteiger partial charge in [-0.1, -0.05) is 42.5 Å². The Morgan fingerprint density at radius 3 is 2.42 bits per heavy atom. The van der Waals surface area contributed by atoms with Gasteiger partial charge in [0.25, 0.3) is 0 Å². The molecule has 94 valence electrons. The number of nitrogens with zero attached hydrogens (tertiary/aromatic N) is 1. The molecular weight excluding hydrogens is 238 g/mol. The lowest BCUT2D eigenvalue weighted by atomic mass is 9.98. The van der Waals surface area contributed by atoms with Crippen LogP contribution in [-0.4, -0.2) is 11.1 Å². The van der Waals surface area contributed by atoms with Gasteiger partial charge in [-0.2, -0.15) is 5.26 Å². The van der Waals surface area contributed by atoms with Crippen LogP contribution in [0.3, 0.4) is 0 Å². The first-order valence-electron chi connectivity index (χ1n) is 6.01. The Morgan fingerprint density at radius 1 is 1.11 bits per heavy atom. The topological polar surface area (TPSA) is 61.1 Å². The van der Waals surface area contributed by atoms with Crippen LogP contribution in [0.4, 0.5) is 0 Å². The smallest absolute Gasteiger partial charge is 0.303 e. The number of carbonyl (C=O) groups is 1. The highest BCUT2D eigenvalue weighted by molar-refractivity contribution is 5.71. The Hall–Kier alpha value is -2.60. The van der Waals surface area contributed by atoms with Gasteiger partial charge >= 0.3 is 5.97 Å². The van der Waals surface area contributed by atoms with E-state index in [1.54, 1.807) is 6.07 Å². The molecule has 19 heavy (non-hydrogen) atoms.